The minimum atomic E-state index is -2.65. The lowest BCUT2D eigenvalue weighted by atomic mass is 10.1. The van der Waals surface area contributed by atoms with Crippen LogP contribution in [0.2, 0.25) is 0 Å². The molecule has 0 saturated heterocycles. The summed E-state index contributed by atoms with van der Waals surface area (Å²) in [6, 6.07) is 13.2. The van der Waals surface area contributed by atoms with Crippen LogP contribution in [0, 0.1) is 0 Å². The number of hydrogen-bond acceptors (Lipinski definition) is 7. The minimum absolute atomic E-state index is 0.0136. The number of nitrogen functional groups attached to an aromatic ring is 2. The van der Waals surface area contributed by atoms with Crippen molar-refractivity contribution in [2.75, 3.05) is 27.6 Å². The number of aromatic nitrogens is 3. The molecule has 2 aromatic heterocycles. The summed E-state index contributed by atoms with van der Waals surface area (Å²) >= 11 is 0. The fraction of sp³-hybridized carbons (Fsp3) is 0.174. The number of nitrogens with two attached hydrogens (primary N) is 2. The molecule has 2 amide bonds. The highest BCUT2D eigenvalue weighted by atomic mass is 19.3. The summed E-state index contributed by atoms with van der Waals surface area (Å²) in [6.07, 6.45) is -0.786. The van der Waals surface area contributed by atoms with Gasteiger partial charge in [0.05, 0.1) is 29.1 Å². The lowest BCUT2D eigenvalue weighted by Crippen LogP contribution is -2.45. The summed E-state index contributed by atoms with van der Waals surface area (Å²) in [5.74, 6) is 5.75. The molecule has 4 aromatic rings. The molecule has 0 radical (unpaired) electrons. The molecule has 12 heteroatoms. The number of rotatable bonds is 6. The number of aryl methyl sites for hydroxylation is 1. The second kappa shape index (κ2) is 8.72. The summed E-state index contributed by atoms with van der Waals surface area (Å²) in [4.78, 5) is 21.2. The second-order valence-corrected chi connectivity index (χ2v) is 8.00. The van der Waals surface area contributed by atoms with Crippen molar-refractivity contribution in [2.45, 2.75) is 13.0 Å². The van der Waals surface area contributed by atoms with Crippen molar-refractivity contribution in [1.82, 2.24) is 14.8 Å². The number of halogens is 2. The van der Waals surface area contributed by atoms with Crippen molar-refractivity contribution >= 4 is 45.5 Å². The summed E-state index contributed by atoms with van der Waals surface area (Å²) in [5.41, 5.74) is 12.0. The molecular weight excluding hydrogens is 458 g/mol. The maximum atomic E-state index is 13.8. The maximum absolute atomic E-state index is 13.8. The fourth-order valence-corrected chi connectivity index (χ4v) is 4.01. The van der Waals surface area contributed by atoms with E-state index in [9.17, 15) is 13.6 Å². The third kappa shape index (κ3) is 4.15. The van der Waals surface area contributed by atoms with E-state index in [1.54, 1.807) is 33.8 Å². The van der Waals surface area contributed by atoms with Crippen molar-refractivity contribution in [3.63, 3.8) is 0 Å². The maximum Gasteiger partial charge on any atom is 0.335 e. The van der Waals surface area contributed by atoms with Crippen LogP contribution < -0.4 is 31.5 Å². The van der Waals surface area contributed by atoms with Gasteiger partial charge in [-0.15, -0.1) is 0 Å². The third-order valence-corrected chi connectivity index (χ3v) is 5.61. The van der Waals surface area contributed by atoms with Crippen LogP contribution in [0.4, 0.5) is 42.1 Å². The number of amides is 2. The minimum Gasteiger partial charge on any atom is -0.472 e. The number of benzene rings is 2. The Morgan fingerprint density at radius 2 is 1.94 bits per heavy atom. The van der Waals surface area contributed by atoms with Gasteiger partial charge in [0.2, 0.25) is 5.88 Å². The van der Waals surface area contributed by atoms with Gasteiger partial charge in [-0.3, -0.25) is 15.4 Å². The van der Waals surface area contributed by atoms with Crippen molar-refractivity contribution in [2.24, 2.45) is 12.9 Å². The fourth-order valence-electron chi connectivity index (χ4n) is 4.01. The number of nitrogens with zero attached hydrogens (tertiary/aromatic N) is 5. The highest BCUT2D eigenvalue weighted by molar-refractivity contribution is 6.11. The first-order chi connectivity index (χ1) is 16.8. The van der Waals surface area contributed by atoms with Gasteiger partial charge >= 0.3 is 6.03 Å². The van der Waals surface area contributed by atoms with Gasteiger partial charge in [-0.2, -0.15) is 10.1 Å². The smallest absolute Gasteiger partial charge is 0.335 e. The molecule has 0 unspecified atom stereocenters. The molecule has 10 nitrogen and oxygen atoms in total. The van der Waals surface area contributed by atoms with Gasteiger partial charge < -0.3 is 15.9 Å². The molecule has 1 aliphatic heterocycles. The molecule has 1 aliphatic rings. The molecule has 5 rings (SSSR count). The number of pyridine rings is 1. The predicted molar refractivity (Wildman–Crippen MR) is 129 cm³/mol. The molecule has 2 aromatic carbocycles. The van der Waals surface area contributed by atoms with Crippen LogP contribution in [0.1, 0.15) is 5.56 Å². The summed E-state index contributed by atoms with van der Waals surface area (Å²) in [5, 5.41) is 5.26. The zero-order valence-electron chi connectivity index (χ0n) is 18.7. The highest BCUT2D eigenvalue weighted by Crippen LogP contribution is 2.39. The summed E-state index contributed by atoms with van der Waals surface area (Å²) in [6.45, 7) is -0.586. The van der Waals surface area contributed by atoms with Crippen molar-refractivity contribution in [1.29, 1.82) is 0 Å². The number of hydrazine groups is 1. The molecular formula is C23H22F2N8O2. The predicted octanol–water partition coefficient (Wildman–Crippen LogP) is 3.76. The molecule has 0 atom stereocenters. The Hall–Kier alpha value is -4.45. The van der Waals surface area contributed by atoms with Gasteiger partial charge in [-0.05, 0) is 42.5 Å². The van der Waals surface area contributed by atoms with E-state index in [-0.39, 0.29) is 18.2 Å². The van der Waals surface area contributed by atoms with Crippen LogP contribution in [-0.2, 0) is 13.6 Å². The molecule has 0 saturated carbocycles. The van der Waals surface area contributed by atoms with Crippen LogP contribution in [0.5, 0.6) is 5.88 Å². The zero-order valence-corrected chi connectivity index (χ0v) is 18.7. The number of carbonyl (C=O) groups excluding carboxylic acids is 1. The lowest BCUT2D eigenvalue weighted by molar-refractivity contribution is 0.0796. The average Bonchev–Trinajstić information content (AvgIpc) is 3.21. The zero-order chi connectivity index (χ0) is 24.7. The van der Waals surface area contributed by atoms with E-state index in [1.165, 1.54) is 11.0 Å². The van der Waals surface area contributed by atoms with E-state index in [0.29, 0.717) is 28.3 Å². The van der Waals surface area contributed by atoms with E-state index < -0.39 is 19.1 Å². The summed E-state index contributed by atoms with van der Waals surface area (Å²) in [7, 11) is 1.83. The largest absolute Gasteiger partial charge is 0.472 e. The van der Waals surface area contributed by atoms with Gasteiger partial charge in [-0.1, -0.05) is 0 Å². The number of nitrogens with one attached hydrogen (secondary N) is 1. The standard InChI is InChI=1S/C23H22F2N8O2/c1-31-10-14-8-15(3-5-18(14)30-31)32-11-13-2-7-21(35-12-20(24)25)28-22(13)33(23(32)34)16-4-6-19(29-27)17(26)9-16/h2-10,20,29H,11-12,26-27H2,1H3. The molecule has 0 aliphatic carbocycles. The first-order valence-electron chi connectivity index (χ1n) is 10.7. The molecule has 0 spiro atoms. The quantitative estimate of drug-likeness (QED) is 0.218. The van der Waals surface area contributed by atoms with Crippen LogP contribution in [0.25, 0.3) is 10.9 Å². The Morgan fingerprint density at radius 1 is 1.14 bits per heavy atom. The molecule has 0 fully saturated rings. The van der Waals surface area contributed by atoms with Gasteiger partial charge in [0.15, 0.2) is 6.61 Å². The van der Waals surface area contributed by atoms with Crippen molar-refractivity contribution in [3.8, 4) is 5.88 Å². The van der Waals surface area contributed by atoms with Gasteiger partial charge in [0, 0.05) is 35.9 Å². The van der Waals surface area contributed by atoms with Crippen molar-refractivity contribution in [3.05, 3.63) is 60.3 Å². The van der Waals surface area contributed by atoms with Gasteiger partial charge in [0.25, 0.3) is 6.43 Å². The Labute approximate surface area is 198 Å². The van der Waals surface area contributed by atoms with Crippen LogP contribution in [0.3, 0.4) is 0 Å². The Balaban J connectivity index is 1.60. The number of carbonyl (C=O) groups is 1. The monoisotopic (exact) mass is 480 g/mol. The molecule has 35 heavy (non-hydrogen) atoms. The van der Waals surface area contributed by atoms with Crippen LogP contribution >= 0.6 is 0 Å². The number of alkyl halides is 2. The number of ether oxygens (including phenoxy) is 1. The first kappa shape index (κ1) is 22.3. The molecule has 0 bridgehead atoms. The summed E-state index contributed by atoms with van der Waals surface area (Å²) < 4.78 is 32.1. The first-order valence-corrected chi connectivity index (χ1v) is 10.7. The van der Waals surface area contributed by atoms with E-state index in [2.05, 4.69) is 15.5 Å². The Bertz CT molecular complexity index is 1420. The van der Waals surface area contributed by atoms with Crippen molar-refractivity contribution < 1.29 is 18.3 Å². The third-order valence-electron chi connectivity index (χ3n) is 5.61. The average molecular weight is 480 g/mol. The second-order valence-electron chi connectivity index (χ2n) is 8.00. The topological polar surface area (TPSA) is 128 Å². The van der Waals surface area contributed by atoms with Gasteiger partial charge in [0.1, 0.15) is 5.82 Å². The van der Waals surface area contributed by atoms with E-state index in [4.69, 9.17) is 16.3 Å². The number of anilines is 5. The molecule has 3 heterocycles. The van der Waals surface area contributed by atoms with E-state index >= 15 is 0 Å². The molecule has 5 N–H and O–H groups in total. The SMILES string of the molecule is Cn1cc2cc(N3Cc4ccc(OCC(F)F)nc4N(c4ccc(NN)c(N)c4)C3=O)ccc2n1. The number of fused-ring (bicyclic) bond motifs is 2. The lowest BCUT2D eigenvalue weighted by Gasteiger charge is -2.36. The van der Waals surface area contributed by atoms with Gasteiger partial charge in [-0.25, -0.2) is 18.5 Å². The Morgan fingerprint density at radius 3 is 2.69 bits per heavy atom. The van der Waals surface area contributed by atoms with Crippen LogP contribution in [0.15, 0.2) is 54.7 Å². The van der Waals surface area contributed by atoms with E-state index in [0.717, 1.165) is 10.9 Å². The number of hydrogen-bond donors (Lipinski definition) is 3. The van der Waals surface area contributed by atoms with Crippen LogP contribution in [-0.4, -0.2) is 33.8 Å². The number of urea groups is 1. The molecule has 180 valence electrons. The normalized spacial score (nSPS) is 13.5. The highest BCUT2D eigenvalue weighted by Gasteiger charge is 2.34. The van der Waals surface area contributed by atoms with E-state index in [1.807, 2.05) is 31.4 Å². The Kier molecular flexibility index (Phi) is 5.57.